The zero-order chi connectivity index (χ0) is 10.8. The van der Waals surface area contributed by atoms with Gasteiger partial charge in [-0.1, -0.05) is 0 Å². The lowest BCUT2D eigenvalue weighted by atomic mass is 10.0. The van der Waals surface area contributed by atoms with Gasteiger partial charge in [-0.15, -0.1) is 0 Å². The maximum atomic E-state index is 13.0. The number of hydrogen-bond acceptors (Lipinski definition) is 2. The Bertz CT molecular complexity index is 476. The molecular formula is C11H12FN3. The Morgan fingerprint density at radius 3 is 2.80 bits per heavy atom. The monoisotopic (exact) mass is 205 g/mol. The number of nitrogens with zero attached hydrogens (tertiary/aromatic N) is 2. The van der Waals surface area contributed by atoms with Gasteiger partial charge >= 0.3 is 0 Å². The van der Waals surface area contributed by atoms with Crippen molar-refractivity contribution >= 4 is 0 Å². The van der Waals surface area contributed by atoms with Crippen molar-refractivity contribution in [3.05, 3.63) is 41.8 Å². The summed E-state index contributed by atoms with van der Waals surface area (Å²) in [5.41, 5.74) is 8.24. The molecule has 4 heteroatoms. The molecule has 0 saturated carbocycles. The Hall–Kier alpha value is -1.68. The first-order valence-electron chi connectivity index (χ1n) is 4.69. The smallest absolute Gasteiger partial charge is 0.123 e. The van der Waals surface area contributed by atoms with E-state index >= 15 is 0 Å². The molecule has 1 aromatic carbocycles. The molecule has 0 aliphatic carbocycles. The van der Waals surface area contributed by atoms with Crippen molar-refractivity contribution in [3.63, 3.8) is 0 Å². The summed E-state index contributed by atoms with van der Waals surface area (Å²) in [6.45, 7) is 0.318. The average molecular weight is 205 g/mol. The van der Waals surface area contributed by atoms with E-state index in [0.29, 0.717) is 6.54 Å². The minimum atomic E-state index is -0.263. The molecule has 3 nitrogen and oxygen atoms in total. The summed E-state index contributed by atoms with van der Waals surface area (Å²) in [6, 6.07) is 6.50. The van der Waals surface area contributed by atoms with Crippen LogP contribution in [0.1, 0.15) is 5.56 Å². The first kappa shape index (κ1) is 9.86. The van der Waals surface area contributed by atoms with Gasteiger partial charge in [0.15, 0.2) is 0 Å². The van der Waals surface area contributed by atoms with Gasteiger partial charge in [0, 0.05) is 25.4 Å². The lowest BCUT2D eigenvalue weighted by Crippen LogP contribution is -2.02. The largest absolute Gasteiger partial charge is 0.326 e. The average Bonchev–Trinajstić information content (AvgIpc) is 2.64. The van der Waals surface area contributed by atoms with Crippen LogP contribution in [0.3, 0.4) is 0 Å². The van der Waals surface area contributed by atoms with Crippen molar-refractivity contribution in [2.45, 2.75) is 6.54 Å². The fraction of sp³-hybridized carbons (Fsp3) is 0.182. The van der Waals surface area contributed by atoms with Gasteiger partial charge in [0.1, 0.15) is 5.82 Å². The summed E-state index contributed by atoms with van der Waals surface area (Å²) in [5, 5.41) is 4.07. The highest BCUT2D eigenvalue weighted by molar-refractivity contribution is 5.63. The van der Waals surface area contributed by atoms with Crippen LogP contribution >= 0.6 is 0 Å². The first-order chi connectivity index (χ1) is 7.22. The molecule has 0 amide bonds. The van der Waals surface area contributed by atoms with Crippen LogP contribution in [0.2, 0.25) is 0 Å². The van der Waals surface area contributed by atoms with Crippen LogP contribution < -0.4 is 5.73 Å². The summed E-state index contributed by atoms with van der Waals surface area (Å²) in [5.74, 6) is -0.263. The van der Waals surface area contributed by atoms with E-state index in [2.05, 4.69) is 5.10 Å². The predicted molar refractivity (Wildman–Crippen MR) is 56.5 cm³/mol. The number of benzene rings is 1. The molecule has 0 unspecified atom stereocenters. The Labute approximate surface area is 87.3 Å². The van der Waals surface area contributed by atoms with Gasteiger partial charge in [0.25, 0.3) is 0 Å². The Balaban J connectivity index is 2.58. The minimum Gasteiger partial charge on any atom is -0.326 e. The second-order valence-corrected chi connectivity index (χ2v) is 3.35. The standard InChI is InChI=1S/C11H12FN3/c1-15-11(4-5-14-15)10-3-2-9(12)6-8(10)7-13/h2-6H,7,13H2,1H3. The molecule has 15 heavy (non-hydrogen) atoms. The number of rotatable bonds is 2. The summed E-state index contributed by atoms with van der Waals surface area (Å²) in [6.07, 6.45) is 1.71. The van der Waals surface area contributed by atoms with E-state index in [1.165, 1.54) is 12.1 Å². The Morgan fingerprint density at radius 1 is 1.40 bits per heavy atom. The highest BCUT2D eigenvalue weighted by atomic mass is 19.1. The third-order valence-electron chi connectivity index (χ3n) is 2.38. The molecule has 0 atom stereocenters. The molecule has 0 saturated heterocycles. The fourth-order valence-corrected chi connectivity index (χ4v) is 1.62. The van der Waals surface area contributed by atoms with Crippen LogP contribution in [0.15, 0.2) is 30.5 Å². The van der Waals surface area contributed by atoms with Gasteiger partial charge in [-0.2, -0.15) is 5.10 Å². The van der Waals surface area contributed by atoms with Crippen molar-refractivity contribution < 1.29 is 4.39 Å². The first-order valence-corrected chi connectivity index (χ1v) is 4.69. The van der Waals surface area contributed by atoms with E-state index in [-0.39, 0.29) is 5.82 Å². The van der Waals surface area contributed by atoms with Crippen molar-refractivity contribution in [2.75, 3.05) is 0 Å². The van der Waals surface area contributed by atoms with Crippen molar-refractivity contribution in [3.8, 4) is 11.3 Å². The van der Waals surface area contributed by atoms with Crippen LogP contribution in [0, 0.1) is 5.82 Å². The highest BCUT2D eigenvalue weighted by Gasteiger charge is 2.08. The summed E-state index contributed by atoms with van der Waals surface area (Å²) >= 11 is 0. The molecule has 0 radical (unpaired) electrons. The summed E-state index contributed by atoms with van der Waals surface area (Å²) in [7, 11) is 1.85. The summed E-state index contributed by atoms with van der Waals surface area (Å²) in [4.78, 5) is 0. The van der Waals surface area contributed by atoms with E-state index in [9.17, 15) is 4.39 Å². The maximum Gasteiger partial charge on any atom is 0.123 e. The Morgan fingerprint density at radius 2 is 2.20 bits per heavy atom. The van der Waals surface area contributed by atoms with E-state index in [1.807, 2.05) is 13.1 Å². The van der Waals surface area contributed by atoms with E-state index in [1.54, 1.807) is 16.9 Å². The zero-order valence-corrected chi connectivity index (χ0v) is 8.44. The van der Waals surface area contributed by atoms with Crippen LogP contribution in [0.4, 0.5) is 4.39 Å². The normalized spacial score (nSPS) is 10.6. The molecule has 2 N–H and O–H groups in total. The molecule has 0 fully saturated rings. The van der Waals surface area contributed by atoms with Crippen LogP contribution in [-0.2, 0) is 13.6 Å². The predicted octanol–water partition coefficient (Wildman–Crippen LogP) is 1.68. The fourth-order valence-electron chi connectivity index (χ4n) is 1.62. The number of aromatic nitrogens is 2. The lowest BCUT2D eigenvalue weighted by molar-refractivity contribution is 0.625. The Kier molecular flexibility index (Phi) is 2.51. The lowest BCUT2D eigenvalue weighted by Gasteiger charge is -2.07. The SMILES string of the molecule is Cn1nccc1-c1ccc(F)cc1CN. The molecule has 2 rings (SSSR count). The van der Waals surface area contributed by atoms with Crippen LogP contribution in [-0.4, -0.2) is 9.78 Å². The second-order valence-electron chi connectivity index (χ2n) is 3.35. The quantitative estimate of drug-likeness (QED) is 0.810. The topological polar surface area (TPSA) is 43.8 Å². The molecule has 1 heterocycles. The molecule has 0 spiro atoms. The van der Waals surface area contributed by atoms with E-state index < -0.39 is 0 Å². The number of halogens is 1. The van der Waals surface area contributed by atoms with Gasteiger partial charge in [-0.3, -0.25) is 4.68 Å². The second kappa shape index (κ2) is 3.82. The maximum absolute atomic E-state index is 13.0. The van der Waals surface area contributed by atoms with Gasteiger partial charge in [0.05, 0.1) is 5.69 Å². The molecule has 78 valence electrons. The zero-order valence-electron chi connectivity index (χ0n) is 8.44. The van der Waals surface area contributed by atoms with Gasteiger partial charge in [-0.05, 0) is 29.8 Å². The van der Waals surface area contributed by atoms with Crippen molar-refractivity contribution in [1.82, 2.24) is 9.78 Å². The summed E-state index contributed by atoms with van der Waals surface area (Å²) < 4.78 is 14.7. The third-order valence-corrected chi connectivity index (χ3v) is 2.38. The molecular weight excluding hydrogens is 193 g/mol. The van der Waals surface area contributed by atoms with Gasteiger partial charge in [0.2, 0.25) is 0 Å². The van der Waals surface area contributed by atoms with Crippen molar-refractivity contribution in [1.29, 1.82) is 0 Å². The molecule has 1 aromatic heterocycles. The molecule has 0 aliphatic rings. The van der Waals surface area contributed by atoms with E-state index in [4.69, 9.17) is 5.73 Å². The van der Waals surface area contributed by atoms with Gasteiger partial charge < -0.3 is 5.73 Å². The van der Waals surface area contributed by atoms with Gasteiger partial charge in [-0.25, -0.2) is 4.39 Å². The molecule has 0 bridgehead atoms. The number of nitrogens with two attached hydrogens (primary N) is 1. The minimum absolute atomic E-state index is 0.263. The third kappa shape index (κ3) is 1.76. The molecule has 0 aliphatic heterocycles. The number of aryl methyl sites for hydroxylation is 1. The van der Waals surface area contributed by atoms with E-state index in [0.717, 1.165) is 16.8 Å². The van der Waals surface area contributed by atoms with Crippen molar-refractivity contribution in [2.24, 2.45) is 12.8 Å². The highest BCUT2D eigenvalue weighted by Crippen LogP contribution is 2.23. The van der Waals surface area contributed by atoms with Crippen LogP contribution in [0.5, 0.6) is 0 Å². The number of hydrogen-bond donors (Lipinski definition) is 1. The molecule has 2 aromatic rings. The van der Waals surface area contributed by atoms with Crippen LogP contribution in [0.25, 0.3) is 11.3 Å².